The van der Waals surface area contributed by atoms with E-state index in [1.165, 1.54) is 50.2 Å². The van der Waals surface area contributed by atoms with E-state index in [2.05, 4.69) is 39.4 Å². The molecule has 0 saturated carbocycles. The second-order valence-corrected chi connectivity index (χ2v) is 5.88. The van der Waals surface area contributed by atoms with Crippen LogP contribution in [0, 0.1) is 0 Å². The van der Waals surface area contributed by atoms with Crippen LogP contribution in [0.15, 0.2) is 30.6 Å². The molecule has 0 amide bonds. The van der Waals surface area contributed by atoms with E-state index in [4.69, 9.17) is 0 Å². The van der Waals surface area contributed by atoms with Gasteiger partial charge in [-0.05, 0) is 38.7 Å². The summed E-state index contributed by atoms with van der Waals surface area (Å²) in [6.07, 6.45) is 5.16. The van der Waals surface area contributed by atoms with Gasteiger partial charge in [0.05, 0.1) is 11.7 Å². The fourth-order valence-electron chi connectivity index (χ4n) is 2.85. The maximum absolute atomic E-state index is 4.36. The van der Waals surface area contributed by atoms with Crippen LogP contribution in [0.2, 0.25) is 0 Å². The fraction of sp³-hybridized carbons (Fsp3) is 0.562. The van der Waals surface area contributed by atoms with Crippen LogP contribution in [0.3, 0.4) is 0 Å². The van der Waals surface area contributed by atoms with E-state index in [0.29, 0.717) is 0 Å². The van der Waals surface area contributed by atoms with Crippen LogP contribution in [0.5, 0.6) is 0 Å². The highest BCUT2D eigenvalue weighted by atomic mass is 15.2. The predicted octanol–water partition coefficient (Wildman–Crippen LogP) is 1.06. The molecule has 1 fully saturated rings. The quantitative estimate of drug-likeness (QED) is 0.806. The largest absolute Gasteiger partial charge is 0.312 e. The molecule has 1 N–H and O–H groups in total. The maximum atomic E-state index is 4.36. The van der Waals surface area contributed by atoms with Gasteiger partial charge >= 0.3 is 0 Å². The van der Waals surface area contributed by atoms with Gasteiger partial charge < -0.3 is 15.1 Å². The van der Waals surface area contributed by atoms with E-state index in [1.807, 2.05) is 23.0 Å². The number of hydrogen-bond donors (Lipinski definition) is 1. The van der Waals surface area contributed by atoms with Crippen LogP contribution < -0.4 is 5.32 Å². The summed E-state index contributed by atoms with van der Waals surface area (Å²) in [5.41, 5.74) is 2.47. The Bertz CT molecular complexity index is 557. The highest BCUT2D eigenvalue weighted by molar-refractivity contribution is 5.53. The summed E-state index contributed by atoms with van der Waals surface area (Å²) in [7, 11) is 2.20. The summed E-state index contributed by atoms with van der Waals surface area (Å²) in [5.74, 6) is 0. The smallest absolute Gasteiger partial charge is 0.0706 e. The lowest BCUT2D eigenvalue weighted by molar-refractivity contribution is 0.153. The molecule has 2 aromatic rings. The molecule has 0 atom stereocenters. The van der Waals surface area contributed by atoms with Crippen molar-refractivity contribution in [2.45, 2.75) is 13.0 Å². The zero-order chi connectivity index (χ0) is 14.5. The van der Waals surface area contributed by atoms with Gasteiger partial charge in [-0.3, -0.25) is 0 Å². The normalized spacial score (nSPS) is 17.6. The molecular weight excluding hydrogens is 262 g/mol. The van der Waals surface area contributed by atoms with Crippen molar-refractivity contribution in [2.75, 3.05) is 46.3 Å². The SMILES string of the molecule is CN1CCN(CCCNCc2cnn3ccccc23)CC1. The number of piperazine rings is 1. The Labute approximate surface area is 126 Å². The fourth-order valence-corrected chi connectivity index (χ4v) is 2.85. The Balaban J connectivity index is 1.37. The lowest BCUT2D eigenvalue weighted by Crippen LogP contribution is -2.45. The van der Waals surface area contributed by atoms with Crippen LogP contribution in [-0.4, -0.2) is 65.7 Å². The Hall–Kier alpha value is -1.43. The monoisotopic (exact) mass is 287 g/mol. The van der Waals surface area contributed by atoms with Crippen LogP contribution in [0.25, 0.3) is 5.52 Å². The third-order valence-electron chi connectivity index (χ3n) is 4.25. The Morgan fingerprint density at radius 3 is 2.90 bits per heavy atom. The van der Waals surface area contributed by atoms with E-state index < -0.39 is 0 Å². The molecule has 0 unspecified atom stereocenters. The highest BCUT2D eigenvalue weighted by Crippen LogP contribution is 2.09. The van der Waals surface area contributed by atoms with E-state index in [-0.39, 0.29) is 0 Å². The Morgan fingerprint density at radius 1 is 1.19 bits per heavy atom. The molecule has 1 aliphatic heterocycles. The second kappa shape index (κ2) is 7.02. The van der Waals surface area contributed by atoms with Gasteiger partial charge in [0.15, 0.2) is 0 Å². The molecule has 2 aromatic heterocycles. The summed E-state index contributed by atoms with van der Waals surface area (Å²) in [5, 5.41) is 7.90. The third kappa shape index (κ3) is 3.81. The first-order valence-electron chi connectivity index (χ1n) is 7.86. The molecule has 0 bridgehead atoms. The zero-order valence-electron chi connectivity index (χ0n) is 12.8. The number of likely N-dealkylation sites (N-methyl/N-ethyl adjacent to an activating group) is 1. The van der Waals surface area contributed by atoms with Crippen molar-refractivity contribution in [1.29, 1.82) is 0 Å². The minimum atomic E-state index is 0.899. The molecule has 1 saturated heterocycles. The van der Waals surface area contributed by atoms with Crippen molar-refractivity contribution in [3.05, 3.63) is 36.2 Å². The Kier molecular flexibility index (Phi) is 4.85. The van der Waals surface area contributed by atoms with E-state index >= 15 is 0 Å². The predicted molar refractivity (Wildman–Crippen MR) is 85.5 cm³/mol. The molecule has 5 nitrogen and oxygen atoms in total. The number of nitrogens with zero attached hydrogens (tertiary/aromatic N) is 4. The molecule has 21 heavy (non-hydrogen) atoms. The van der Waals surface area contributed by atoms with Gasteiger partial charge in [0.1, 0.15) is 0 Å². The number of hydrogen-bond acceptors (Lipinski definition) is 4. The minimum absolute atomic E-state index is 0.899. The van der Waals surface area contributed by atoms with E-state index in [1.54, 1.807) is 0 Å². The van der Waals surface area contributed by atoms with Gasteiger partial charge in [-0.2, -0.15) is 5.10 Å². The number of rotatable bonds is 6. The van der Waals surface area contributed by atoms with Gasteiger partial charge in [-0.1, -0.05) is 6.07 Å². The first-order chi connectivity index (χ1) is 10.3. The topological polar surface area (TPSA) is 35.8 Å². The number of pyridine rings is 1. The summed E-state index contributed by atoms with van der Waals surface area (Å²) < 4.78 is 1.93. The zero-order valence-corrected chi connectivity index (χ0v) is 12.8. The molecule has 0 radical (unpaired) electrons. The average Bonchev–Trinajstić information content (AvgIpc) is 2.92. The van der Waals surface area contributed by atoms with Gasteiger partial charge in [-0.25, -0.2) is 4.52 Å². The van der Waals surface area contributed by atoms with Gasteiger partial charge in [-0.15, -0.1) is 0 Å². The van der Waals surface area contributed by atoms with Crippen molar-refractivity contribution in [2.24, 2.45) is 0 Å². The van der Waals surface area contributed by atoms with Gasteiger partial charge in [0, 0.05) is 44.5 Å². The molecule has 1 aliphatic rings. The lowest BCUT2D eigenvalue weighted by atomic mass is 10.2. The summed E-state index contributed by atoms with van der Waals surface area (Å²) >= 11 is 0. The molecule has 0 aromatic carbocycles. The highest BCUT2D eigenvalue weighted by Gasteiger charge is 2.12. The van der Waals surface area contributed by atoms with Crippen molar-refractivity contribution in [3.63, 3.8) is 0 Å². The number of fused-ring (bicyclic) bond motifs is 1. The molecule has 0 spiro atoms. The van der Waals surface area contributed by atoms with Crippen LogP contribution in [-0.2, 0) is 6.54 Å². The second-order valence-electron chi connectivity index (χ2n) is 5.88. The molecule has 5 heteroatoms. The first-order valence-corrected chi connectivity index (χ1v) is 7.86. The standard InChI is InChI=1S/C16H25N5/c1-19-9-11-20(12-10-19)7-4-6-17-13-15-14-18-21-8-3-2-5-16(15)21/h2-3,5,8,14,17H,4,6-7,9-13H2,1H3. The van der Waals surface area contributed by atoms with Crippen LogP contribution in [0.4, 0.5) is 0 Å². The molecule has 0 aliphatic carbocycles. The average molecular weight is 287 g/mol. The van der Waals surface area contributed by atoms with Crippen molar-refractivity contribution >= 4 is 5.52 Å². The van der Waals surface area contributed by atoms with Crippen LogP contribution in [0.1, 0.15) is 12.0 Å². The third-order valence-corrected chi connectivity index (χ3v) is 4.25. The lowest BCUT2D eigenvalue weighted by Gasteiger charge is -2.32. The van der Waals surface area contributed by atoms with Crippen molar-refractivity contribution < 1.29 is 0 Å². The van der Waals surface area contributed by atoms with E-state index in [0.717, 1.165) is 13.1 Å². The van der Waals surface area contributed by atoms with Crippen molar-refractivity contribution in [3.8, 4) is 0 Å². The summed E-state index contributed by atoms with van der Waals surface area (Å²) in [6.45, 7) is 8.00. The minimum Gasteiger partial charge on any atom is -0.312 e. The first kappa shape index (κ1) is 14.5. The molecular formula is C16H25N5. The van der Waals surface area contributed by atoms with E-state index in [9.17, 15) is 0 Å². The molecule has 3 heterocycles. The Morgan fingerprint density at radius 2 is 2.05 bits per heavy atom. The number of nitrogens with one attached hydrogen (secondary N) is 1. The van der Waals surface area contributed by atoms with Gasteiger partial charge in [0.2, 0.25) is 0 Å². The van der Waals surface area contributed by atoms with Crippen molar-refractivity contribution in [1.82, 2.24) is 24.7 Å². The molecule has 114 valence electrons. The van der Waals surface area contributed by atoms with Crippen LogP contribution >= 0.6 is 0 Å². The van der Waals surface area contributed by atoms with Gasteiger partial charge in [0.25, 0.3) is 0 Å². The maximum Gasteiger partial charge on any atom is 0.0706 e. The molecule has 3 rings (SSSR count). The summed E-state index contributed by atoms with van der Waals surface area (Å²) in [6, 6.07) is 6.19. The number of aromatic nitrogens is 2. The summed E-state index contributed by atoms with van der Waals surface area (Å²) in [4.78, 5) is 4.97.